The number of para-hydroxylation sites is 3. The quantitative estimate of drug-likeness (QED) is 0.402. The second-order valence-corrected chi connectivity index (χ2v) is 7.71. The standard InChI is InChI=1S/C24H23N7O3/c1-33-19-13-6-5-11-17(19)26-24-28-20(27-23(25)29-24)14-34-22(32)21-16-10-7-12-18(16)31(30-21)15-8-3-2-4-9-15/h2-6,8-9,11,13H,7,10,12,14H2,1H3,(H3,25,26,27,28,29). The number of carbonyl (C=O) groups is 1. The molecule has 2 heterocycles. The van der Waals surface area contributed by atoms with Crippen molar-refractivity contribution in [2.24, 2.45) is 0 Å². The van der Waals surface area contributed by atoms with Crippen LogP contribution in [0.1, 0.15) is 34.0 Å². The third-order valence-electron chi connectivity index (χ3n) is 5.51. The highest BCUT2D eigenvalue weighted by Gasteiger charge is 2.28. The maximum absolute atomic E-state index is 12.9. The lowest BCUT2D eigenvalue weighted by Crippen LogP contribution is -2.13. The lowest BCUT2D eigenvalue weighted by Gasteiger charge is -2.10. The molecule has 2 aromatic carbocycles. The second kappa shape index (κ2) is 9.18. The van der Waals surface area contributed by atoms with Crippen LogP contribution in [0.2, 0.25) is 0 Å². The summed E-state index contributed by atoms with van der Waals surface area (Å²) in [5.41, 5.74) is 9.74. The fourth-order valence-electron chi connectivity index (χ4n) is 4.01. The minimum Gasteiger partial charge on any atom is -0.495 e. The Morgan fingerprint density at radius 2 is 1.85 bits per heavy atom. The van der Waals surface area contributed by atoms with E-state index in [1.165, 1.54) is 0 Å². The number of nitrogens with zero attached hydrogens (tertiary/aromatic N) is 5. The zero-order valence-electron chi connectivity index (χ0n) is 18.6. The number of anilines is 3. The molecule has 5 rings (SSSR count). The molecule has 0 amide bonds. The zero-order valence-corrected chi connectivity index (χ0v) is 18.6. The molecule has 0 saturated carbocycles. The first kappa shape index (κ1) is 21.4. The Hall–Kier alpha value is -4.47. The maximum Gasteiger partial charge on any atom is 0.359 e. The third-order valence-corrected chi connectivity index (χ3v) is 5.51. The smallest absolute Gasteiger partial charge is 0.359 e. The van der Waals surface area contributed by atoms with Gasteiger partial charge in [0.1, 0.15) is 5.75 Å². The largest absolute Gasteiger partial charge is 0.495 e. The van der Waals surface area contributed by atoms with Crippen molar-refractivity contribution in [2.45, 2.75) is 25.9 Å². The van der Waals surface area contributed by atoms with Crippen molar-refractivity contribution in [3.05, 3.63) is 77.4 Å². The number of fused-ring (bicyclic) bond motifs is 1. The molecule has 4 aromatic rings. The Labute approximate surface area is 195 Å². The number of benzene rings is 2. The van der Waals surface area contributed by atoms with E-state index in [0.29, 0.717) is 17.1 Å². The molecule has 10 heteroatoms. The van der Waals surface area contributed by atoms with Crippen LogP contribution in [0.3, 0.4) is 0 Å². The van der Waals surface area contributed by atoms with E-state index in [2.05, 4.69) is 25.4 Å². The monoisotopic (exact) mass is 457 g/mol. The van der Waals surface area contributed by atoms with Gasteiger partial charge >= 0.3 is 5.97 Å². The summed E-state index contributed by atoms with van der Waals surface area (Å²) in [6.45, 7) is -0.168. The molecule has 10 nitrogen and oxygen atoms in total. The first-order chi connectivity index (χ1) is 16.6. The molecule has 0 saturated heterocycles. The fraction of sp³-hybridized carbons (Fsp3) is 0.208. The highest BCUT2D eigenvalue weighted by Crippen LogP contribution is 2.29. The number of nitrogen functional groups attached to an aromatic ring is 1. The predicted octanol–water partition coefficient (Wildman–Crippen LogP) is 3.24. The van der Waals surface area contributed by atoms with E-state index in [1.54, 1.807) is 7.11 Å². The molecule has 3 N–H and O–H groups in total. The Morgan fingerprint density at radius 3 is 2.68 bits per heavy atom. The van der Waals surface area contributed by atoms with E-state index in [-0.39, 0.29) is 24.3 Å². The molecule has 1 aliphatic rings. The van der Waals surface area contributed by atoms with Gasteiger partial charge in [0.2, 0.25) is 11.9 Å². The first-order valence-corrected chi connectivity index (χ1v) is 10.9. The Balaban J connectivity index is 1.34. The average molecular weight is 457 g/mol. The molecule has 0 bridgehead atoms. The first-order valence-electron chi connectivity index (χ1n) is 10.9. The number of hydrogen-bond donors (Lipinski definition) is 2. The van der Waals surface area contributed by atoms with Crippen LogP contribution >= 0.6 is 0 Å². The average Bonchev–Trinajstić information content (AvgIpc) is 3.46. The highest BCUT2D eigenvalue weighted by molar-refractivity contribution is 5.89. The van der Waals surface area contributed by atoms with Gasteiger partial charge in [-0.25, -0.2) is 9.48 Å². The van der Waals surface area contributed by atoms with Gasteiger partial charge < -0.3 is 20.5 Å². The van der Waals surface area contributed by atoms with E-state index in [4.69, 9.17) is 15.2 Å². The molecular formula is C24H23N7O3. The number of carbonyl (C=O) groups excluding carboxylic acids is 1. The molecular weight excluding hydrogens is 434 g/mol. The molecule has 0 radical (unpaired) electrons. The minimum atomic E-state index is -0.522. The summed E-state index contributed by atoms with van der Waals surface area (Å²) < 4.78 is 12.7. The van der Waals surface area contributed by atoms with Crippen LogP contribution in [0.4, 0.5) is 17.6 Å². The number of methoxy groups -OCH3 is 1. The van der Waals surface area contributed by atoms with Crippen molar-refractivity contribution in [1.29, 1.82) is 0 Å². The number of ether oxygens (including phenoxy) is 2. The van der Waals surface area contributed by atoms with Gasteiger partial charge in [-0.15, -0.1) is 0 Å². The third kappa shape index (κ3) is 4.25. The van der Waals surface area contributed by atoms with E-state index in [0.717, 1.165) is 36.2 Å². The molecule has 172 valence electrons. The minimum absolute atomic E-state index is 0.00712. The van der Waals surface area contributed by atoms with Crippen molar-refractivity contribution in [1.82, 2.24) is 24.7 Å². The normalized spacial score (nSPS) is 12.3. The van der Waals surface area contributed by atoms with Crippen LogP contribution in [0.5, 0.6) is 5.75 Å². The van der Waals surface area contributed by atoms with Crippen LogP contribution in [-0.4, -0.2) is 37.8 Å². The van der Waals surface area contributed by atoms with Crippen molar-refractivity contribution < 1.29 is 14.3 Å². The predicted molar refractivity (Wildman–Crippen MR) is 125 cm³/mol. The van der Waals surface area contributed by atoms with Gasteiger partial charge in [0.05, 0.1) is 18.5 Å². The fourth-order valence-corrected chi connectivity index (χ4v) is 4.01. The summed E-state index contributed by atoms with van der Waals surface area (Å²) in [6.07, 6.45) is 2.63. The molecule has 0 fully saturated rings. The van der Waals surface area contributed by atoms with Gasteiger partial charge in [-0.1, -0.05) is 30.3 Å². The van der Waals surface area contributed by atoms with E-state index in [1.807, 2.05) is 59.3 Å². The molecule has 34 heavy (non-hydrogen) atoms. The molecule has 0 unspecified atom stereocenters. The summed E-state index contributed by atoms with van der Waals surface area (Å²) in [7, 11) is 1.57. The topological polar surface area (TPSA) is 130 Å². The van der Waals surface area contributed by atoms with Crippen molar-refractivity contribution in [3.8, 4) is 11.4 Å². The highest BCUT2D eigenvalue weighted by atomic mass is 16.5. The van der Waals surface area contributed by atoms with E-state index >= 15 is 0 Å². The number of rotatable bonds is 7. The summed E-state index contributed by atoms with van der Waals surface area (Å²) in [4.78, 5) is 25.5. The van der Waals surface area contributed by atoms with E-state index < -0.39 is 5.97 Å². The Bertz CT molecular complexity index is 1340. The van der Waals surface area contributed by atoms with Gasteiger partial charge in [-0.05, 0) is 43.5 Å². The number of nitrogens with one attached hydrogen (secondary N) is 1. The van der Waals surface area contributed by atoms with Crippen LogP contribution in [0.25, 0.3) is 5.69 Å². The molecule has 0 spiro atoms. The lowest BCUT2D eigenvalue weighted by atomic mass is 10.2. The molecule has 0 atom stereocenters. The number of esters is 1. The van der Waals surface area contributed by atoms with Crippen LogP contribution in [-0.2, 0) is 24.2 Å². The van der Waals surface area contributed by atoms with Gasteiger partial charge in [-0.3, -0.25) is 0 Å². The van der Waals surface area contributed by atoms with E-state index in [9.17, 15) is 4.79 Å². The van der Waals surface area contributed by atoms with Crippen LogP contribution < -0.4 is 15.8 Å². The molecule has 1 aliphatic carbocycles. The Kier molecular flexibility index (Phi) is 5.77. The molecule has 0 aliphatic heterocycles. The number of hydrogen-bond acceptors (Lipinski definition) is 9. The second-order valence-electron chi connectivity index (χ2n) is 7.71. The molecule has 2 aromatic heterocycles. The van der Waals surface area contributed by atoms with Crippen LogP contribution in [0.15, 0.2) is 54.6 Å². The SMILES string of the molecule is COc1ccccc1Nc1nc(N)nc(COC(=O)c2nn(-c3ccccc3)c3c2CCC3)n1. The number of nitrogens with two attached hydrogens (primary N) is 1. The van der Waals surface area contributed by atoms with Gasteiger partial charge in [-0.2, -0.15) is 20.1 Å². The summed E-state index contributed by atoms with van der Waals surface area (Å²) >= 11 is 0. The van der Waals surface area contributed by atoms with Gasteiger partial charge in [0.25, 0.3) is 0 Å². The maximum atomic E-state index is 12.9. The van der Waals surface area contributed by atoms with Crippen molar-refractivity contribution >= 4 is 23.6 Å². The summed E-state index contributed by atoms with van der Waals surface area (Å²) in [5.74, 6) is 0.547. The van der Waals surface area contributed by atoms with Crippen molar-refractivity contribution in [3.63, 3.8) is 0 Å². The number of aromatic nitrogens is 5. The van der Waals surface area contributed by atoms with Gasteiger partial charge in [0.15, 0.2) is 18.1 Å². The summed E-state index contributed by atoms with van der Waals surface area (Å²) in [5, 5.41) is 7.62. The lowest BCUT2D eigenvalue weighted by molar-refractivity contribution is 0.0453. The van der Waals surface area contributed by atoms with Gasteiger partial charge in [0, 0.05) is 11.3 Å². The summed E-state index contributed by atoms with van der Waals surface area (Å²) in [6, 6.07) is 17.1. The van der Waals surface area contributed by atoms with Crippen LogP contribution in [0, 0.1) is 0 Å². The zero-order chi connectivity index (χ0) is 23.5. The van der Waals surface area contributed by atoms with Crippen molar-refractivity contribution in [2.75, 3.05) is 18.2 Å². The Morgan fingerprint density at radius 1 is 1.06 bits per heavy atom.